The van der Waals surface area contributed by atoms with Crippen LogP contribution in [-0.4, -0.2) is 18.4 Å². The molecule has 14 heavy (non-hydrogen) atoms. The van der Waals surface area contributed by atoms with Crippen molar-refractivity contribution in [3.63, 3.8) is 0 Å². The Labute approximate surface area is 84.1 Å². The van der Waals surface area contributed by atoms with E-state index in [9.17, 15) is 9.59 Å². The normalized spacial score (nSPS) is 23.3. The molecule has 1 rings (SSSR count). The number of carbonyl (C=O) groups excluding carboxylic acids is 2. The smallest absolute Gasteiger partial charge is 0.309 e. The van der Waals surface area contributed by atoms with E-state index in [1.54, 1.807) is 13.0 Å². The minimum absolute atomic E-state index is 0.140. The lowest BCUT2D eigenvalue weighted by atomic mass is 9.85. The molecule has 0 radical (unpaired) electrons. The number of ketones is 1. The van der Waals surface area contributed by atoms with Crippen molar-refractivity contribution >= 4 is 11.8 Å². The van der Waals surface area contributed by atoms with E-state index in [2.05, 4.69) is 0 Å². The lowest BCUT2D eigenvalue weighted by Crippen LogP contribution is -2.24. The Morgan fingerprint density at radius 1 is 1.71 bits per heavy atom. The Morgan fingerprint density at radius 2 is 2.43 bits per heavy atom. The summed E-state index contributed by atoms with van der Waals surface area (Å²) in [7, 11) is 0. The molecule has 0 saturated carbocycles. The highest BCUT2D eigenvalue weighted by atomic mass is 16.5. The van der Waals surface area contributed by atoms with Crippen LogP contribution in [0, 0.1) is 11.8 Å². The highest BCUT2D eigenvalue weighted by molar-refractivity contribution is 5.90. The summed E-state index contributed by atoms with van der Waals surface area (Å²) >= 11 is 0. The lowest BCUT2D eigenvalue weighted by Gasteiger charge is -2.21. The van der Waals surface area contributed by atoms with Gasteiger partial charge < -0.3 is 4.74 Å². The molecule has 0 amide bonds. The van der Waals surface area contributed by atoms with E-state index < -0.39 is 0 Å². The summed E-state index contributed by atoms with van der Waals surface area (Å²) in [5, 5.41) is 0. The Bertz CT molecular complexity index is 255. The second kappa shape index (κ2) is 4.94. The molecule has 0 aromatic carbocycles. The van der Waals surface area contributed by atoms with Crippen LogP contribution in [0.4, 0.5) is 0 Å². The van der Waals surface area contributed by atoms with E-state index in [4.69, 9.17) is 4.74 Å². The molecule has 0 unspecified atom stereocenters. The first-order valence-electron chi connectivity index (χ1n) is 5.02. The molecule has 3 heteroatoms. The van der Waals surface area contributed by atoms with Crippen LogP contribution in [0.15, 0.2) is 12.2 Å². The molecule has 0 heterocycles. The van der Waals surface area contributed by atoms with Gasteiger partial charge in [-0.25, -0.2) is 0 Å². The van der Waals surface area contributed by atoms with Gasteiger partial charge in [-0.1, -0.05) is 13.0 Å². The van der Waals surface area contributed by atoms with Gasteiger partial charge in [-0.05, 0) is 25.3 Å². The standard InChI is InChI=1S/C11H16O3/c1-3-14-11(13)8(2)9-4-6-10(12)7-5-9/h4,6,8-9H,3,5,7H2,1-2H3/t8-,9+/m0/s1. The molecule has 78 valence electrons. The molecule has 0 aromatic heterocycles. The summed E-state index contributed by atoms with van der Waals surface area (Å²) in [6.07, 6.45) is 4.71. The van der Waals surface area contributed by atoms with Crippen molar-refractivity contribution < 1.29 is 14.3 Å². The zero-order valence-corrected chi connectivity index (χ0v) is 8.66. The van der Waals surface area contributed by atoms with Crippen LogP contribution < -0.4 is 0 Å². The Balaban J connectivity index is 2.52. The van der Waals surface area contributed by atoms with Gasteiger partial charge in [-0.3, -0.25) is 9.59 Å². The molecule has 1 aliphatic carbocycles. The largest absolute Gasteiger partial charge is 0.466 e. The second-order valence-corrected chi connectivity index (χ2v) is 3.57. The first kappa shape index (κ1) is 11.0. The minimum Gasteiger partial charge on any atom is -0.466 e. The first-order valence-corrected chi connectivity index (χ1v) is 5.02. The quantitative estimate of drug-likeness (QED) is 0.645. The highest BCUT2D eigenvalue weighted by Crippen LogP contribution is 2.24. The molecule has 0 N–H and O–H groups in total. The van der Waals surface area contributed by atoms with Crippen LogP contribution in [-0.2, 0) is 14.3 Å². The topological polar surface area (TPSA) is 43.4 Å². The summed E-state index contributed by atoms with van der Waals surface area (Å²) in [6, 6.07) is 0. The number of ether oxygens (including phenoxy) is 1. The summed E-state index contributed by atoms with van der Waals surface area (Å²) in [5.74, 6) is -0.000132. The molecular weight excluding hydrogens is 180 g/mol. The van der Waals surface area contributed by atoms with Gasteiger partial charge >= 0.3 is 5.97 Å². The summed E-state index contributed by atoms with van der Waals surface area (Å²) < 4.78 is 4.93. The SMILES string of the molecule is CCOC(=O)[C@@H](C)[C@@H]1C=CC(=O)CC1. The van der Waals surface area contributed by atoms with Crippen LogP contribution in [0.2, 0.25) is 0 Å². The molecule has 1 aliphatic rings. The third-order valence-corrected chi connectivity index (χ3v) is 2.55. The van der Waals surface area contributed by atoms with Crippen molar-refractivity contribution in [1.29, 1.82) is 0 Å². The molecule has 0 aromatic rings. The predicted molar refractivity (Wildman–Crippen MR) is 52.7 cm³/mol. The molecule has 0 spiro atoms. The molecule has 0 fully saturated rings. The zero-order chi connectivity index (χ0) is 10.6. The molecule has 3 nitrogen and oxygen atoms in total. The predicted octanol–water partition coefficient (Wildman–Crippen LogP) is 1.72. The van der Waals surface area contributed by atoms with Crippen LogP contribution in [0.1, 0.15) is 26.7 Å². The molecule has 0 aliphatic heterocycles. The van der Waals surface area contributed by atoms with E-state index >= 15 is 0 Å². The Morgan fingerprint density at radius 3 is 2.93 bits per heavy atom. The Kier molecular flexibility index (Phi) is 3.86. The van der Waals surface area contributed by atoms with E-state index in [1.165, 1.54) is 0 Å². The first-order chi connectivity index (χ1) is 6.65. The van der Waals surface area contributed by atoms with E-state index in [1.807, 2.05) is 13.0 Å². The molecule has 2 atom stereocenters. The average Bonchev–Trinajstić information content (AvgIpc) is 2.18. The third kappa shape index (κ3) is 2.69. The van der Waals surface area contributed by atoms with Gasteiger partial charge in [-0.2, -0.15) is 0 Å². The third-order valence-electron chi connectivity index (χ3n) is 2.55. The van der Waals surface area contributed by atoms with Gasteiger partial charge in [0.15, 0.2) is 5.78 Å². The van der Waals surface area contributed by atoms with Crippen molar-refractivity contribution in [2.24, 2.45) is 11.8 Å². The maximum absolute atomic E-state index is 11.4. The van der Waals surface area contributed by atoms with Crippen LogP contribution >= 0.6 is 0 Å². The van der Waals surface area contributed by atoms with Crippen molar-refractivity contribution in [2.45, 2.75) is 26.7 Å². The summed E-state index contributed by atoms with van der Waals surface area (Å²) in [5.41, 5.74) is 0. The number of allylic oxidation sites excluding steroid dienone is 2. The fourth-order valence-corrected chi connectivity index (χ4v) is 1.58. The van der Waals surface area contributed by atoms with Crippen molar-refractivity contribution in [1.82, 2.24) is 0 Å². The van der Waals surface area contributed by atoms with E-state index in [0.717, 1.165) is 6.42 Å². The fourth-order valence-electron chi connectivity index (χ4n) is 1.58. The van der Waals surface area contributed by atoms with Gasteiger partial charge in [0.2, 0.25) is 0 Å². The van der Waals surface area contributed by atoms with Gasteiger partial charge in [0, 0.05) is 6.42 Å². The van der Waals surface area contributed by atoms with Crippen LogP contribution in [0.3, 0.4) is 0 Å². The van der Waals surface area contributed by atoms with E-state index in [0.29, 0.717) is 13.0 Å². The Hall–Kier alpha value is -1.12. The fraction of sp³-hybridized carbons (Fsp3) is 0.636. The van der Waals surface area contributed by atoms with Crippen molar-refractivity contribution in [2.75, 3.05) is 6.61 Å². The molecule has 0 saturated heterocycles. The van der Waals surface area contributed by atoms with Crippen LogP contribution in [0.5, 0.6) is 0 Å². The number of hydrogen-bond acceptors (Lipinski definition) is 3. The minimum atomic E-state index is -0.170. The van der Waals surface area contributed by atoms with Gasteiger partial charge in [-0.15, -0.1) is 0 Å². The van der Waals surface area contributed by atoms with Crippen molar-refractivity contribution in [3.05, 3.63) is 12.2 Å². The number of esters is 1. The number of carbonyl (C=O) groups is 2. The summed E-state index contributed by atoms with van der Waals surface area (Å²) in [6.45, 7) is 4.06. The molecular formula is C11H16O3. The second-order valence-electron chi connectivity index (χ2n) is 3.57. The van der Waals surface area contributed by atoms with Gasteiger partial charge in [0.05, 0.1) is 12.5 Å². The summed E-state index contributed by atoms with van der Waals surface area (Å²) in [4.78, 5) is 22.3. The monoisotopic (exact) mass is 196 g/mol. The molecule has 0 bridgehead atoms. The van der Waals surface area contributed by atoms with Gasteiger partial charge in [0.25, 0.3) is 0 Å². The van der Waals surface area contributed by atoms with Crippen LogP contribution in [0.25, 0.3) is 0 Å². The maximum Gasteiger partial charge on any atom is 0.309 e. The maximum atomic E-state index is 11.4. The van der Waals surface area contributed by atoms with E-state index in [-0.39, 0.29) is 23.6 Å². The number of rotatable bonds is 3. The highest BCUT2D eigenvalue weighted by Gasteiger charge is 2.25. The van der Waals surface area contributed by atoms with Crippen molar-refractivity contribution in [3.8, 4) is 0 Å². The lowest BCUT2D eigenvalue weighted by molar-refractivity contribution is -0.149. The zero-order valence-electron chi connectivity index (χ0n) is 8.66. The number of hydrogen-bond donors (Lipinski definition) is 0. The van der Waals surface area contributed by atoms with Gasteiger partial charge in [0.1, 0.15) is 0 Å². The average molecular weight is 196 g/mol.